The third-order valence-electron chi connectivity index (χ3n) is 4.13. The summed E-state index contributed by atoms with van der Waals surface area (Å²) in [5.41, 5.74) is 9.60. The molecule has 6 heteroatoms. The molecule has 0 aliphatic carbocycles. The number of anilines is 1. The van der Waals surface area contributed by atoms with Gasteiger partial charge in [-0.15, -0.1) is 11.3 Å². The van der Waals surface area contributed by atoms with E-state index in [2.05, 4.69) is 31.0 Å². The van der Waals surface area contributed by atoms with E-state index in [-0.39, 0.29) is 5.60 Å². The van der Waals surface area contributed by atoms with Crippen molar-refractivity contribution in [2.24, 2.45) is 0 Å². The highest BCUT2D eigenvalue weighted by atomic mass is 32.2. The molecule has 0 spiro atoms. The highest BCUT2D eigenvalue weighted by Crippen LogP contribution is 2.40. The number of fused-ring (bicyclic) bond motifs is 3. The fourth-order valence-electron chi connectivity index (χ4n) is 2.89. The van der Waals surface area contributed by atoms with E-state index in [9.17, 15) is 0 Å². The van der Waals surface area contributed by atoms with Crippen LogP contribution >= 0.6 is 23.1 Å². The number of thioether (sulfide) groups is 1. The summed E-state index contributed by atoms with van der Waals surface area (Å²) in [6, 6.07) is 10.3. The molecule has 0 fully saturated rings. The standard InChI is InChI=1S/C18H19N3OS2/c1-18(2)8-12-13(9-22-18)24-15-14(12)20-17(21-16(15)19)23-10-11-6-4-3-5-7-11/h3-7H,8-10H2,1-2H3,(H2,19,20,21). The Labute approximate surface area is 149 Å². The number of hydrogen-bond donors (Lipinski definition) is 1. The summed E-state index contributed by atoms with van der Waals surface area (Å²) < 4.78 is 6.90. The van der Waals surface area contributed by atoms with E-state index in [0.717, 1.165) is 27.5 Å². The van der Waals surface area contributed by atoms with Gasteiger partial charge in [0.15, 0.2) is 5.16 Å². The zero-order chi connectivity index (χ0) is 16.7. The Balaban J connectivity index is 1.68. The number of ether oxygens (including phenoxy) is 1. The first kappa shape index (κ1) is 15.9. The molecule has 0 radical (unpaired) electrons. The molecule has 1 aliphatic rings. The molecule has 3 heterocycles. The summed E-state index contributed by atoms with van der Waals surface area (Å²) >= 11 is 3.29. The number of aromatic nitrogens is 2. The molecule has 0 bridgehead atoms. The molecule has 24 heavy (non-hydrogen) atoms. The average Bonchev–Trinajstić information content (AvgIpc) is 2.91. The number of benzene rings is 1. The largest absolute Gasteiger partial charge is 0.382 e. The van der Waals surface area contributed by atoms with Crippen LogP contribution in [-0.4, -0.2) is 15.6 Å². The molecule has 1 aliphatic heterocycles. The molecule has 2 N–H and O–H groups in total. The van der Waals surface area contributed by atoms with Gasteiger partial charge in [-0.05, 0) is 25.0 Å². The maximum absolute atomic E-state index is 6.21. The lowest BCUT2D eigenvalue weighted by Gasteiger charge is -2.29. The molecule has 0 unspecified atom stereocenters. The van der Waals surface area contributed by atoms with Gasteiger partial charge in [-0.1, -0.05) is 42.1 Å². The quantitative estimate of drug-likeness (QED) is 0.555. The first-order chi connectivity index (χ1) is 11.5. The molecule has 124 valence electrons. The highest BCUT2D eigenvalue weighted by molar-refractivity contribution is 7.98. The Bertz CT molecular complexity index is 890. The van der Waals surface area contributed by atoms with E-state index in [0.29, 0.717) is 12.4 Å². The normalized spacial score (nSPS) is 16.2. The molecule has 4 rings (SSSR count). The van der Waals surface area contributed by atoms with Crippen molar-refractivity contribution in [3.63, 3.8) is 0 Å². The Morgan fingerprint density at radius 3 is 2.83 bits per heavy atom. The van der Waals surface area contributed by atoms with Crippen LogP contribution in [0.25, 0.3) is 10.2 Å². The predicted molar refractivity (Wildman–Crippen MR) is 100 cm³/mol. The van der Waals surface area contributed by atoms with Crippen molar-refractivity contribution < 1.29 is 4.74 Å². The molecule has 0 saturated heterocycles. The second-order valence-corrected chi connectivity index (χ2v) is 8.62. The molecule has 1 aromatic carbocycles. The number of hydrogen-bond acceptors (Lipinski definition) is 6. The summed E-state index contributed by atoms with van der Waals surface area (Å²) in [5, 5.41) is 0.744. The van der Waals surface area contributed by atoms with Gasteiger partial charge in [0.05, 0.1) is 22.4 Å². The Morgan fingerprint density at radius 2 is 2.04 bits per heavy atom. The van der Waals surface area contributed by atoms with Crippen molar-refractivity contribution in [3.05, 3.63) is 46.3 Å². The maximum Gasteiger partial charge on any atom is 0.190 e. The molecule has 2 aromatic heterocycles. The van der Waals surface area contributed by atoms with E-state index in [1.807, 2.05) is 18.2 Å². The molecule has 0 amide bonds. The van der Waals surface area contributed by atoms with Crippen molar-refractivity contribution in [3.8, 4) is 0 Å². The van der Waals surface area contributed by atoms with Gasteiger partial charge in [0.1, 0.15) is 5.82 Å². The fourth-order valence-corrected chi connectivity index (χ4v) is 4.77. The van der Waals surface area contributed by atoms with Gasteiger partial charge in [0.25, 0.3) is 0 Å². The first-order valence-corrected chi connectivity index (χ1v) is 9.70. The summed E-state index contributed by atoms with van der Waals surface area (Å²) in [4.78, 5) is 10.5. The molecular formula is C18H19N3OS2. The van der Waals surface area contributed by atoms with E-state index in [4.69, 9.17) is 15.5 Å². The SMILES string of the molecule is CC1(C)Cc2c(sc3c(N)nc(SCc4ccccc4)nc23)CO1. The first-order valence-electron chi connectivity index (χ1n) is 7.90. The molecule has 0 saturated carbocycles. The van der Waals surface area contributed by atoms with Crippen LogP contribution in [0.5, 0.6) is 0 Å². The number of rotatable bonds is 3. The van der Waals surface area contributed by atoms with E-state index < -0.39 is 0 Å². The zero-order valence-corrected chi connectivity index (χ0v) is 15.3. The van der Waals surface area contributed by atoms with E-state index in [1.165, 1.54) is 16.0 Å². The monoisotopic (exact) mass is 357 g/mol. The highest BCUT2D eigenvalue weighted by Gasteiger charge is 2.30. The van der Waals surface area contributed by atoms with Crippen molar-refractivity contribution in [2.45, 2.75) is 43.4 Å². The summed E-state index contributed by atoms with van der Waals surface area (Å²) in [6.45, 7) is 4.87. The van der Waals surface area contributed by atoms with Gasteiger partial charge < -0.3 is 10.5 Å². The molecular weight excluding hydrogens is 338 g/mol. The van der Waals surface area contributed by atoms with Gasteiger partial charge in [-0.2, -0.15) is 0 Å². The van der Waals surface area contributed by atoms with Crippen molar-refractivity contribution in [1.29, 1.82) is 0 Å². The second-order valence-electron chi connectivity index (χ2n) is 6.57. The number of nitrogens with two attached hydrogens (primary N) is 1. The fraction of sp³-hybridized carbons (Fsp3) is 0.333. The molecule has 3 aromatic rings. The van der Waals surface area contributed by atoms with Crippen LogP contribution in [-0.2, 0) is 23.5 Å². The van der Waals surface area contributed by atoms with Gasteiger partial charge in [-0.3, -0.25) is 0 Å². The molecule has 4 nitrogen and oxygen atoms in total. The number of nitrogens with zero attached hydrogens (tertiary/aromatic N) is 2. The van der Waals surface area contributed by atoms with Crippen molar-refractivity contribution in [2.75, 3.05) is 5.73 Å². The Morgan fingerprint density at radius 1 is 1.25 bits per heavy atom. The van der Waals surface area contributed by atoms with Gasteiger partial charge in [-0.25, -0.2) is 9.97 Å². The van der Waals surface area contributed by atoms with Crippen LogP contribution in [0.15, 0.2) is 35.5 Å². The minimum absolute atomic E-state index is 0.155. The smallest absolute Gasteiger partial charge is 0.190 e. The van der Waals surface area contributed by atoms with Gasteiger partial charge in [0, 0.05) is 17.1 Å². The maximum atomic E-state index is 6.21. The summed E-state index contributed by atoms with van der Waals surface area (Å²) in [6.07, 6.45) is 0.863. The average molecular weight is 358 g/mol. The Kier molecular flexibility index (Phi) is 3.98. The summed E-state index contributed by atoms with van der Waals surface area (Å²) in [7, 11) is 0. The second kappa shape index (κ2) is 6.02. The van der Waals surface area contributed by atoms with Crippen LogP contribution in [0.3, 0.4) is 0 Å². The van der Waals surface area contributed by atoms with Crippen molar-refractivity contribution in [1.82, 2.24) is 9.97 Å². The van der Waals surface area contributed by atoms with E-state index in [1.54, 1.807) is 23.1 Å². The molecule has 0 atom stereocenters. The van der Waals surface area contributed by atoms with Crippen LogP contribution < -0.4 is 5.73 Å². The van der Waals surface area contributed by atoms with Crippen LogP contribution in [0.2, 0.25) is 0 Å². The third-order valence-corrected chi connectivity index (χ3v) is 6.26. The van der Waals surface area contributed by atoms with Crippen LogP contribution in [0.4, 0.5) is 5.82 Å². The zero-order valence-electron chi connectivity index (χ0n) is 13.7. The van der Waals surface area contributed by atoms with Gasteiger partial charge in [0.2, 0.25) is 0 Å². The summed E-state index contributed by atoms with van der Waals surface area (Å²) in [5.74, 6) is 1.42. The topological polar surface area (TPSA) is 61.0 Å². The minimum Gasteiger partial charge on any atom is -0.382 e. The lowest BCUT2D eigenvalue weighted by Crippen LogP contribution is -2.31. The van der Waals surface area contributed by atoms with Crippen LogP contribution in [0, 0.1) is 0 Å². The lowest BCUT2D eigenvalue weighted by atomic mass is 9.95. The van der Waals surface area contributed by atoms with Gasteiger partial charge >= 0.3 is 0 Å². The predicted octanol–water partition coefficient (Wildman–Crippen LogP) is 4.42. The van der Waals surface area contributed by atoms with Crippen LogP contribution in [0.1, 0.15) is 29.9 Å². The number of nitrogen functional groups attached to an aromatic ring is 1. The van der Waals surface area contributed by atoms with E-state index >= 15 is 0 Å². The minimum atomic E-state index is -0.155. The third kappa shape index (κ3) is 3.01. The van der Waals surface area contributed by atoms with Crippen molar-refractivity contribution >= 4 is 39.1 Å². The lowest BCUT2D eigenvalue weighted by molar-refractivity contribution is -0.0379. The Hall–Kier alpha value is -1.63. The number of thiophene rings is 1.